The molecule has 0 amide bonds. The lowest BCUT2D eigenvalue weighted by Gasteiger charge is -2.29. The molecule has 3 aromatic rings. The summed E-state index contributed by atoms with van der Waals surface area (Å²) in [6, 6.07) is 6.56. The van der Waals surface area contributed by atoms with E-state index in [-0.39, 0.29) is 16.8 Å². The van der Waals surface area contributed by atoms with Crippen LogP contribution in [0.3, 0.4) is 0 Å². The number of anilines is 1. The van der Waals surface area contributed by atoms with Crippen molar-refractivity contribution in [3.05, 3.63) is 47.5 Å². The molecule has 1 aromatic carbocycles. The fourth-order valence-electron chi connectivity index (χ4n) is 3.22. The van der Waals surface area contributed by atoms with Gasteiger partial charge in [-0.3, -0.25) is 0 Å². The predicted octanol–water partition coefficient (Wildman–Crippen LogP) is 3.70. The first-order valence-electron chi connectivity index (χ1n) is 8.41. The van der Waals surface area contributed by atoms with Crippen molar-refractivity contribution in [3.63, 3.8) is 0 Å². The third-order valence-corrected chi connectivity index (χ3v) is 4.43. The highest BCUT2D eigenvalue weighted by atomic mass is 19.4. The van der Waals surface area contributed by atoms with Crippen molar-refractivity contribution in [3.8, 4) is 11.1 Å². The van der Waals surface area contributed by atoms with Crippen LogP contribution in [-0.2, 0) is 10.9 Å². The summed E-state index contributed by atoms with van der Waals surface area (Å²) in [6.45, 7) is 3.79. The van der Waals surface area contributed by atoms with Crippen molar-refractivity contribution in [2.24, 2.45) is 0 Å². The molecule has 1 aliphatic heterocycles. The zero-order valence-electron chi connectivity index (χ0n) is 14.4. The Balaban J connectivity index is 2.00. The lowest BCUT2D eigenvalue weighted by Crippen LogP contribution is -2.37. The number of halogens is 4. The number of hydrogen-bond acceptors (Lipinski definition) is 4. The van der Waals surface area contributed by atoms with E-state index in [1.165, 1.54) is 16.6 Å². The van der Waals surface area contributed by atoms with Crippen LogP contribution in [0.2, 0.25) is 0 Å². The van der Waals surface area contributed by atoms with Gasteiger partial charge in [0.15, 0.2) is 11.3 Å². The summed E-state index contributed by atoms with van der Waals surface area (Å²) >= 11 is 0. The van der Waals surface area contributed by atoms with Crippen LogP contribution in [0.1, 0.15) is 11.4 Å². The number of aromatic nitrogens is 3. The van der Waals surface area contributed by atoms with Gasteiger partial charge in [-0.25, -0.2) is 9.37 Å². The van der Waals surface area contributed by atoms with Crippen LogP contribution >= 0.6 is 0 Å². The Kier molecular flexibility index (Phi) is 4.26. The van der Waals surface area contributed by atoms with Crippen LogP contribution in [0.5, 0.6) is 0 Å². The van der Waals surface area contributed by atoms with E-state index >= 15 is 0 Å². The Hall–Kier alpha value is -2.68. The summed E-state index contributed by atoms with van der Waals surface area (Å²) in [6.07, 6.45) is -4.67. The van der Waals surface area contributed by atoms with Crippen molar-refractivity contribution in [1.82, 2.24) is 14.6 Å². The third kappa shape index (κ3) is 3.23. The molecule has 4 rings (SSSR count). The number of aryl methyl sites for hydroxylation is 1. The highest BCUT2D eigenvalue weighted by molar-refractivity contribution is 5.81. The molecule has 142 valence electrons. The largest absolute Gasteiger partial charge is 0.435 e. The molecule has 1 aliphatic rings. The summed E-state index contributed by atoms with van der Waals surface area (Å²) < 4.78 is 61.0. The average molecular weight is 380 g/mol. The van der Waals surface area contributed by atoms with Crippen LogP contribution in [0.15, 0.2) is 30.3 Å². The summed E-state index contributed by atoms with van der Waals surface area (Å²) in [4.78, 5) is 6.24. The molecular weight excluding hydrogens is 364 g/mol. The molecule has 27 heavy (non-hydrogen) atoms. The molecule has 1 fully saturated rings. The molecule has 5 nitrogen and oxygen atoms in total. The number of fused-ring (bicyclic) bond motifs is 1. The maximum absolute atomic E-state index is 13.7. The van der Waals surface area contributed by atoms with Gasteiger partial charge in [-0.1, -0.05) is 12.1 Å². The molecule has 0 radical (unpaired) electrons. The normalized spacial score (nSPS) is 15.5. The van der Waals surface area contributed by atoms with Crippen LogP contribution in [0.4, 0.5) is 23.4 Å². The fraction of sp³-hybridized carbons (Fsp3) is 0.333. The topological polar surface area (TPSA) is 42.7 Å². The zero-order valence-corrected chi connectivity index (χ0v) is 14.4. The number of ether oxygens (including phenoxy) is 1. The molecule has 0 unspecified atom stereocenters. The molecule has 0 spiro atoms. The van der Waals surface area contributed by atoms with Gasteiger partial charge in [-0.2, -0.15) is 22.8 Å². The van der Waals surface area contributed by atoms with E-state index in [0.717, 1.165) is 12.1 Å². The highest BCUT2D eigenvalue weighted by Crippen LogP contribution is 2.39. The van der Waals surface area contributed by atoms with E-state index in [9.17, 15) is 17.6 Å². The maximum Gasteiger partial charge on any atom is 0.435 e. The van der Waals surface area contributed by atoms with E-state index in [1.54, 1.807) is 13.0 Å². The molecular formula is C18H16F4N4O. The first-order chi connectivity index (χ1) is 12.8. The van der Waals surface area contributed by atoms with Crippen molar-refractivity contribution in [1.29, 1.82) is 0 Å². The van der Waals surface area contributed by atoms with E-state index in [0.29, 0.717) is 37.8 Å². The Morgan fingerprint density at radius 1 is 1.07 bits per heavy atom. The predicted molar refractivity (Wildman–Crippen MR) is 91.2 cm³/mol. The van der Waals surface area contributed by atoms with Crippen LogP contribution in [0, 0.1) is 12.7 Å². The Labute approximate surface area is 152 Å². The summed E-state index contributed by atoms with van der Waals surface area (Å²) in [5.74, 6) is 0.00147. The van der Waals surface area contributed by atoms with Gasteiger partial charge in [0.25, 0.3) is 0 Å². The van der Waals surface area contributed by atoms with Crippen LogP contribution in [-0.4, -0.2) is 40.9 Å². The van der Waals surface area contributed by atoms with Gasteiger partial charge < -0.3 is 9.64 Å². The maximum atomic E-state index is 13.7. The standard InChI is InChI=1S/C18H16F4N4O/c1-11-10-14(25-6-8-27-9-7-25)26-17(23-11)15(16(24-26)18(20,21)22)12-2-4-13(19)5-3-12/h2-5,10H,6-9H2,1H3. The second-order valence-corrected chi connectivity index (χ2v) is 6.32. The summed E-state index contributed by atoms with van der Waals surface area (Å²) in [5.41, 5.74) is -0.316. The van der Waals surface area contributed by atoms with Crippen molar-refractivity contribution < 1.29 is 22.3 Å². The van der Waals surface area contributed by atoms with Crippen molar-refractivity contribution in [2.45, 2.75) is 13.1 Å². The number of rotatable bonds is 2. The first-order valence-corrected chi connectivity index (χ1v) is 8.41. The highest BCUT2D eigenvalue weighted by Gasteiger charge is 2.39. The molecule has 2 aromatic heterocycles. The molecule has 3 heterocycles. The zero-order chi connectivity index (χ0) is 19.2. The minimum Gasteiger partial charge on any atom is -0.378 e. The second-order valence-electron chi connectivity index (χ2n) is 6.32. The summed E-state index contributed by atoms with van der Waals surface area (Å²) in [7, 11) is 0. The van der Waals surface area contributed by atoms with Gasteiger partial charge in [0.05, 0.1) is 18.8 Å². The SMILES string of the molecule is Cc1cc(N2CCOCC2)n2nc(C(F)(F)F)c(-c3ccc(F)cc3)c2n1. The molecule has 0 saturated carbocycles. The quantitative estimate of drug-likeness (QED) is 0.636. The lowest BCUT2D eigenvalue weighted by atomic mass is 10.1. The van der Waals surface area contributed by atoms with E-state index in [4.69, 9.17) is 4.74 Å². The summed E-state index contributed by atoms with van der Waals surface area (Å²) in [5, 5.41) is 3.85. The van der Waals surface area contributed by atoms with Crippen LogP contribution < -0.4 is 4.90 Å². The minimum atomic E-state index is -4.67. The fourth-order valence-corrected chi connectivity index (χ4v) is 3.22. The molecule has 9 heteroatoms. The number of nitrogens with zero attached hydrogens (tertiary/aromatic N) is 4. The van der Waals surface area contributed by atoms with Crippen molar-refractivity contribution >= 4 is 11.5 Å². The molecule has 0 bridgehead atoms. The molecule has 0 aliphatic carbocycles. The Morgan fingerprint density at radius 3 is 2.37 bits per heavy atom. The number of hydrogen-bond donors (Lipinski definition) is 0. The smallest absolute Gasteiger partial charge is 0.378 e. The number of benzene rings is 1. The van der Waals surface area contributed by atoms with E-state index < -0.39 is 17.7 Å². The lowest BCUT2D eigenvalue weighted by molar-refractivity contribution is -0.140. The van der Waals surface area contributed by atoms with Gasteiger partial charge >= 0.3 is 6.18 Å². The Morgan fingerprint density at radius 2 is 1.74 bits per heavy atom. The van der Waals surface area contributed by atoms with Crippen molar-refractivity contribution in [2.75, 3.05) is 31.2 Å². The molecule has 1 saturated heterocycles. The van der Waals surface area contributed by atoms with Gasteiger partial charge in [0.1, 0.15) is 11.6 Å². The second kappa shape index (κ2) is 6.49. The minimum absolute atomic E-state index is 0.0930. The first kappa shape index (κ1) is 17.7. The van der Waals surface area contributed by atoms with Crippen LogP contribution in [0.25, 0.3) is 16.8 Å². The third-order valence-electron chi connectivity index (χ3n) is 4.43. The monoisotopic (exact) mass is 380 g/mol. The number of alkyl halides is 3. The van der Waals surface area contributed by atoms with Gasteiger partial charge in [-0.15, -0.1) is 0 Å². The van der Waals surface area contributed by atoms with E-state index in [2.05, 4.69) is 10.1 Å². The van der Waals surface area contributed by atoms with Gasteiger partial charge in [0.2, 0.25) is 0 Å². The average Bonchev–Trinajstić information content (AvgIpc) is 3.02. The molecule has 0 N–H and O–H groups in total. The van der Waals surface area contributed by atoms with Gasteiger partial charge in [-0.05, 0) is 24.6 Å². The number of morpholine rings is 1. The van der Waals surface area contributed by atoms with Gasteiger partial charge in [0, 0.05) is 24.8 Å². The van der Waals surface area contributed by atoms with E-state index in [1.807, 2.05) is 4.90 Å². The molecule has 0 atom stereocenters. The Bertz CT molecular complexity index is 976.